The van der Waals surface area contributed by atoms with Gasteiger partial charge in [-0.1, -0.05) is 27.7 Å². The third-order valence-corrected chi connectivity index (χ3v) is 3.02. The van der Waals surface area contributed by atoms with Crippen LogP contribution in [0.25, 0.3) is 5.82 Å². The van der Waals surface area contributed by atoms with Crippen molar-refractivity contribution in [2.75, 3.05) is 5.73 Å². The number of nitrogens with two attached hydrogens (primary N) is 1. The quantitative estimate of drug-likeness (QED) is 0.907. The molecule has 0 aliphatic rings. The lowest BCUT2D eigenvalue weighted by Gasteiger charge is -2.14. The minimum Gasteiger partial charge on any atom is -0.383 e. The van der Waals surface area contributed by atoms with Crippen LogP contribution in [0, 0.1) is 0 Å². The van der Waals surface area contributed by atoms with E-state index in [1.54, 1.807) is 4.68 Å². The van der Waals surface area contributed by atoms with E-state index < -0.39 is 0 Å². The van der Waals surface area contributed by atoms with Crippen LogP contribution < -0.4 is 5.73 Å². The minimum atomic E-state index is 0.232. The molecular formula is C13H20N6. The molecule has 0 atom stereocenters. The first-order valence-corrected chi connectivity index (χ1v) is 6.64. The van der Waals surface area contributed by atoms with Gasteiger partial charge in [-0.3, -0.25) is 0 Å². The molecule has 0 bridgehead atoms. The second kappa shape index (κ2) is 5.34. The Labute approximate surface area is 113 Å². The Bertz CT molecular complexity index is 573. The van der Waals surface area contributed by atoms with E-state index >= 15 is 0 Å². The molecule has 2 aromatic rings. The second-order valence-electron chi connectivity index (χ2n) is 4.71. The van der Waals surface area contributed by atoms with E-state index in [1.807, 2.05) is 6.92 Å². The van der Waals surface area contributed by atoms with E-state index in [9.17, 15) is 0 Å². The molecule has 0 fully saturated rings. The topological polar surface area (TPSA) is 82.5 Å². The van der Waals surface area contributed by atoms with E-state index in [2.05, 4.69) is 40.8 Å². The van der Waals surface area contributed by atoms with Gasteiger partial charge in [-0.15, -0.1) is 5.10 Å². The Balaban J connectivity index is 2.64. The van der Waals surface area contributed by atoms with Crippen LogP contribution in [0.5, 0.6) is 0 Å². The van der Waals surface area contributed by atoms with E-state index in [1.165, 1.54) is 6.33 Å². The molecule has 19 heavy (non-hydrogen) atoms. The summed E-state index contributed by atoms with van der Waals surface area (Å²) in [6, 6.07) is 0. The molecule has 6 heteroatoms. The predicted molar refractivity (Wildman–Crippen MR) is 74.2 cm³/mol. The van der Waals surface area contributed by atoms with Gasteiger partial charge in [-0.05, 0) is 5.92 Å². The third-order valence-electron chi connectivity index (χ3n) is 3.02. The van der Waals surface area contributed by atoms with Gasteiger partial charge in [-0.2, -0.15) is 4.68 Å². The van der Waals surface area contributed by atoms with Crippen molar-refractivity contribution in [3.63, 3.8) is 0 Å². The van der Waals surface area contributed by atoms with Crippen molar-refractivity contribution in [3.8, 4) is 5.82 Å². The highest BCUT2D eigenvalue weighted by Crippen LogP contribution is 2.25. The summed E-state index contributed by atoms with van der Waals surface area (Å²) in [4.78, 5) is 12.9. The van der Waals surface area contributed by atoms with Crippen molar-refractivity contribution in [1.82, 2.24) is 24.7 Å². The maximum absolute atomic E-state index is 5.98. The average Bonchev–Trinajstić information content (AvgIpc) is 2.81. The lowest BCUT2D eigenvalue weighted by Crippen LogP contribution is -2.12. The number of nitrogen functional groups attached to an aromatic ring is 1. The van der Waals surface area contributed by atoms with Crippen molar-refractivity contribution < 1.29 is 0 Å². The summed E-state index contributed by atoms with van der Waals surface area (Å²) < 4.78 is 1.80. The van der Waals surface area contributed by atoms with Gasteiger partial charge >= 0.3 is 0 Å². The van der Waals surface area contributed by atoms with Gasteiger partial charge in [-0.25, -0.2) is 15.0 Å². The first kappa shape index (κ1) is 13.5. The first-order chi connectivity index (χ1) is 9.08. The Morgan fingerprint density at radius 2 is 1.95 bits per heavy atom. The Hall–Kier alpha value is -1.98. The summed E-state index contributed by atoms with van der Waals surface area (Å²) in [5.41, 5.74) is 6.90. The number of hydrogen-bond donors (Lipinski definition) is 1. The molecule has 0 saturated carbocycles. The molecule has 0 amide bonds. The summed E-state index contributed by atoms with van der Waals surface area (Å²) in [5, 5.41) is 4.51. The maximum Gasteiger partial charge on any atom is 0.164 e. The van der Waals surface area contributed by atoms with E-state index in [4.69, 9.17) is 5.73 Å². The largest absolute Gasteiger partial charge is 0.383 e. The molecule has 0 aliphatic heterocycles. The van der Waals surface area contributed by atoms with Gasteiger partial charge < -0.3 is 5.73 Å². The van der Waals surface area contributed by atoms with E-state index in [0.29, 0.717) is 5.82 Å². The molecule has 0 unspecified atom stereocenters. The zero-order valence-electron chi connectivity index (χ0n) is 11.9. The summed E-state index contributed by atoms with van der Waals surface area (Å²) in [5.74, 6) is 3.21. The Morgan fingerprint density at radius 1 is 1.21 bits per heavy atom. The molecule has 6 nitrogen and oxygen atoms in total. The fourth-order valence-corrected chi connectivity index (χ4v) is 2.06. The van der Waals surface area contributed by atoms with Crippen LogP contribution in [-0.2, 0) is 12.8 Å². The molecule has 0 spiro atoms. The van der Waals surface area contributed by atoms with Crippen molar-refractivity contribution in [2.45, 2.75) is 46.5 Å². The van der Waals surface area contributed by atoms with Gasteiger partial charge in [0.05, 0.1) is 0 Å². The third kappa shape index (κ3) is 2.43. The Kier molecular flexibility index (Phi) is 3.78. The molecule has 0 aromatic carbocycles. The average molecular weight is 260 g/mol. The molecule has 2 N–H and O–H groups in total. The van der Waals surface area contributed by atoms with Crippen molar-refractivity contribution in [1.29, 1.82) is 0 Å². The standard InChI is InChI=1S/C13H20N6/c1-5-9-17-10(6-2)19(18-9)13-11(8(3)4)12(14)15-7-16-13/h7-8H,5-6H2,1-4H3,(H2,14,15,16). The number of aromatic nitrogens is 5. The SMILES string of the molecule is CCc1nc(CC)n(-c2ncnc(N)c2C(C)C)n1. The first-order valence-electron chi connectivity index (χ1n) is 6.64. The van der Waals surface area contributed by atoms with Crippen LogP contribution in [0.15, 0.2) is 6.33 Å². The van der Waals surface area contributed by atoms with Crippen LogP contribution in [-0.4, -0.2) is 24.7 Å². The zero-order valence-corrected chi connectivity index (χ0v) is 11.9. The second-order valence-corrected chi connectivity index (χ2v) is 4.71. The highest BCUT2D eigenvalue weighted by atomic mass is 15.4. The summed E-state index contributed by atoms with van der Waals surface area (Å²) >= 11 is 0. The fourth-order valence-electron chi connectivity index (χ4n) is 2.06. The van der Waals surface area contributed by atoms with E-state index in [-0.39, 0.29) is 5.92 Å². The number of hydrogen-bond acceptors (Lipinski definition) is 5. The monoisotopic (exact) mass is 260 g/mol. The van der Waals surface area contributed by atoms with Crippen LogP contribution in [0.1, 0.15) is 50.8 Å². The van der Waals surface area contributed by atoms with Gasteiger partial charge in [0, 0.05) is 18.4 Å². The van der Waals surface area contributed by atoms with Crippen molar-refractivity contribution in [3.05, 3.63) is 23.5 Å². The van der Waals surface area contributed by atoms with Crippen LogP contribution in [0.3, 0.4) is 0 Å². The summed E-state index contributed by atoms with van der Waals surface area (Å²) in [6.07, 6.45) is 3.08. The van der Waals surface area contributed by atoms with Crippen molar-refractivity contribution >= 4 is 5.82 Å². The molecule has 0 saturated heterocycles. The van der Waals surface area contributed by atoms with Gasteiger partial charge in [0.15, 0.2) is 11.6 Å². The maximum atomic E-state index is 5.98. The molecule has 102 valence electrons. The summed E-state index contributed by atoms with van der Waals surface area (Å²) in [6.45, 7) is 8.24. The predicted octanol–water partition coefficient (Wildman–Crippen LogP) is 1.89. The van der Waals surface area contributed by atoms with E-state index in [0.717, 1.165) is 35.9 Å². The summed E-state index contributed by atoms with van der Waals surface area (Å²) in [7, 11) is 0. The highest BCUT2D eigenvalue weighted by molar-refractivity contribution is 5.50. The van der Waals surface area contributed by atoms with Crippen LogP contribution in [0.4, 0.5) is 5.82 Å². The highest BCUT2D eigenvalue weighted by Gasteiger charge is 2.18. The smallest absolute Gasteiger partial charge is 0.164 e. The van der Waals surface area contributed by atoms with Gasteiger partial charge in [0.25, 0.3) is 0 Å². The van der Waals surface area contributed by atoms with Crippen molar-refractivity contribution in [2.24, 2.45) is 0 Å². The number of anilines is 1. The fraction of sp³-hybridized carbons (Fsp3) is 0.538. The molecule has 0 radical (unpaired) electrons. The zero-order chi connectivity index (χ0) is 14.0. The normalized spacial score (nSPS) is 11.2. The van der Waals surface area contributed by atoms with Crippen LogP contribution >= 0.6 is 0 Å². The molecule has 0 aliphatic carbocycles. The molecule has 2 heterocycles. The lowest BCUT2D eigenvalue weighted by atomic mass is 10.0. The number of aryl methyl sites for hydroxylation is 2. The molecular weight excluding hydrogens is 240 g/mol. The molecule has 2 rings (SSSR count). The van der Waals surface area contributed by atoms with Gasteiger partial charge in [0.1, 0.15) is 18.0 Å². The number of rotatable bonds is 4. The molecule has 2 aromatic heterocycles. The number of nitrogens with zero attached hydrogens (tertiary/aromatic N) is 5. The van der Waals surface area contributed by atoms with Crippen LogP contribution in [0.2, 0.25) is 0 Å². The van der Waals surface area contributed by atoms with Gasteiger partial charge in [0.2, 0.25) is 0 Å². The lowest BCUT2D eigenvalue weighted by molar-refractivity contribution is 0.733. The Morgan fingerprint density at radius 3 is 2.53 bits per heavy atom. The minimum absolute atomic E-state index is 0.232.